The van der Waals surface area contributed by atoms with E-state index in [2.05, 4.69) is 23.1 Å². The number of Topliss-reactive ketones (excluding diaryl/α,β-unsaturated/α-hetero) is 1. The number of hydrogen-bond donors (Lipinski definition) is 0. The van der Waals surface area contributed by atoms with Gasteiger partial charge >= 0.3 is 0 Å². The summed E-state index contributed by atoms with van der Waals surface area (Å²) in [4.78, 5) is 24.9. The zero-order valence-electron chi connectivity index (χ0n) is 21.2. The van der Waals surface area contributed by atoms with Gasteiger partial charge in [0, 0.05) is 35.9 Å². The van der Waals surface area contributed by atoms with Crippen LogP contribution in [0.1, 0.15) is 34.3 Å². The maximum Gasteiger partial charge on any atom is 0.190 e. The molecule has 0 atom stereocenters. The van der Waals surface area contributed by atoms with E-state index in [0.29, 0.717) is 48.2 Å². The number of rotatable bonds is 8. The van der Waals surface area contributed by atoms with Gasteiger partial charge in [-0.3, -0.25) is 4.79 Å². The van der Waals surface area contributed by atoms with Crippen LogP contribution in [0.2, 0.25) is 0 Å². The second-order valence-corrected chi connectivity index (χ2v) is 10.1. The lowest BCUT2D eigenvalue weighted by atomic mass is 9.88. The summed E-state index contributed by atoms with van der Waals surface area (Å²) in [6.07, 6.45) is 1.43. The fraction of sp³-hybridized carbons (Fsp3) is 0.226. The molecule has 0 spiro atoms. The number of nitriles is 1. The number of carbonyl (C=O) groups excluding carboxylic acids is 1. The average Bonchev–Trinajstić information content (AvgIpc) is 3.00. The van der Waals surface area contributed by atoms with Gasteiger partial charge in [0.25, 0.3) is 0 Å². The molecule has 1 fully saturated rings. The molecule has 7 heteroatoms. The van der Waals surface area contributed by atoms with Crippen LogP contribution in [0, 0.1) is 17.2 Å². The fourth-order valence-corrected chi connectivity index (χ4v) is 5.49. The molecule has 38 heavy (non-hydrogen) atoms. The highest BCUT2D eigenvalue weighted by Crippen LogP contribution is 2.34. The van der Waals surface area contributed by atoms with Crippen molar-refractivity contribution in [1.82, 2.24) is 9.97 Å². The number of hydrogen-bond acceptors (Lipinski definition) is 7. The van der Waals surface area contributed by atoms with Crippen molar-refractivity contribution in [2.24, 2.45) is 5.92 Å². The molecule has 6 nitrogen and oxygen atoms in total. The molecule has 0 radical (unpaired) electrons. The van der Waals surface area contributed by atoms with E-state index in [9.17, 15) is 10.1 Å². The Hall–Kier alpha value is -4.15. The lowest BCUT2D eigenvalue weighted by Crippen LogP contribution is -2.37. The van der Waals surface area contributed by atoms with Gasteiger partial charge in [0.05, 0.1) is 12.8 Å². The van der Waals surface area contributed by atoms with E-state index in [1.54, 1.807) is 18.9 Å². The number of thioether (sulfide) groups is 1. The van der Waals surface area contributed by atoms with E-state index in [4.69, 9.17) is 14.7 Å². The van der Waals surface area contributed by atoms with Crippen molar-refractivity contribution in [2.75, 3.05) is 25.1 Å². The van der Waals surface area contributed by atoms with Crippen LogP contribution < -0.4 is 9.64 Å². The topological polar surface area (TPSA) is 79.1 Å². The van der Waals surface area contributed by atoms with E-state index in [1.165, 1.54) is 5.56 Å². The Morgan fingerprint density at radius 3 is 2.26 bits per heavy atom. The summed E-state index contributed by atoms with van der Waals surface area (Å²) in [5.41, 5.74) is 3.83. The minimum atomic E-state index is -0.0333. The molecule has 0 bridgehead atoms. The van der Waals surface area contributed by atoms with E-state index >= 15 is 0 Å². The van der Waals surface area contributed by atoms with Gasteiger partial charge in [-0.1, -0.05) is 72.4 Å². The summed E-state index contributed by atoms with van der Waals surface area (Å²) in [5, 5.41) is 10.9. The number of anilines is 1. The summed E-state index contributed by atoms with van der Waals surface area (Å²) < 4.78 is 5.32. The number of ketones is 1. The Kier molecular flexibility index (Phi) is 8.01. The van der Waals surface area contributed by atoms with Crippen LogP contribution in [-0.2, 0) is 5.75 Å². The highest BCUT2D eigenvalue weighted by atomic mass is 32.2. The molecule has 190 valence electrons. The first-order valence-corrected chi connectivity index (χ1v) is 13.6. The van der Waals surface area contributed by atoms with Crippen LogP contribution in [0.25, 0.3) is 11.3 Å². The number of nitrogens with zero attached hydrogens (tertiary/aromatic N) is 4. The van der Waals surface area contributed by atoms with Gasteiger partial charge in [0.2, 0.25) is 0 Å². The van der Waals surface area contributed by atoms with Crippen molar-refractivity contribution in [3.05, 3.63) is 102 Å². The predicted octanol–water partition coefficient (Wildman–Crippen LogP) is 6.42. The fourth-order valence-electron chi connectivity index (χ4n) is 4.70. The molecule has 3 aromatic carbocycles. The number of ether oxygens (including phenoxy) is 1. The van der Waals surface area contributed by atoms with Gasteiger partial charge < -0.3 is 9.64 Å². The van der Waals surface area contributed by atoms with Gasteiger partial charge in [0.15, 0.2) is 16.8 Å². The molecule has 1 aliphatic heterocycles. The zero-order valence-corrected chi connectivity index (χ0v) is 22.0. The lowest BCUT2D eigenvalue weighted by molar-refractivity contribution is 0.0900. The standard InChI is InChI=1S/C31H28N4O2S/c1-37-26-14-12-23(13-15-26)28-27(20-32)30(34-31(33-28)38-21-22-8-4-2-5-9-22)35-18-16-25(17-19-35)29(36)24-10-6-3-7-11-24/h2-15,25H,16-19,21H2,1H3. The zero-order chi connectivity index (χ0) is 26.3. The molecule has 4 aromatic rings. The van der Waals surface area contributed by atoms with Crippen LogP contribution >= 0.6 is 11.8 Å². The number of aromatic nitrogens is 2. The summed E-state index contributed by atoms with van der Waals surface area (Å²) in [6, 6.07) is 29.6. The molecular formula is C31H28N4O2S. The first kappa shape index (κ1) is 25.5. The van der Waals surface area contributed by atoms with Crippen LogP contribution in [0.5, 0.6) is 5.75 Å². The molecule has 1 aliphatic rings. The third kappa shape index (κ3) is 5.71. The Morgan fingerprint density at radius 1 is 0.974 bits per heavy atom. The van der Waals surface area contributed by atoms with Crippen molar-refractivity contribution in [3.8, 4) is 23.1 Å². The maximum atomic E-state index is 13.0. The summed E-state index contributed by atoms with van der Waals surface area (Å²) in [5.74, 6) is 2.25. The summed E-state index contributed by atoms with van der Waals surface area (Å²) >= 11 is 1.55. The Balaban J connectivity index is 1.44. The largest absolute Gasteiger partial charge is 0.497 e. The molecule has 1 saturated heterocycles. The number of carbonyl (C=O) groups is 1. The molecule has 0 amide bonds. The molecule has 0 N–H and O–H groups in total. The van der Waals surface area contributed by atoms with Crippen LogP contribution in [0.15, 0.2) is 90.1 Å². The van der Waals surface area contributed by atoms with Gasteiger partial charge in [-0.15, -0.1) is 0 Å². The smallest absolute Gasteiger partial charge is 0.190 e. The molecule has 1 aromatic heterocycles. The van der Waals surface area contributed by atoms with Gasteiger partial charge in [0.1, 0.15) is 17.4 Å². The third-order valence-corrected chi connectivity index (χ3v) is 7.70. The monoisotopic (exact) mass is 520 g/mol. The van der Waals surface area contributed by atoms with Crippen LogP contribution in [0.4, 0.5) is 5.82 Å². The Morgan fingerprint density at radius 2 is 1.63 bits per heavy atom. The lowest BCUT2D eigenvalue weighted by Gasteiger charge is -2.33. The van der Waals surface area contributed by atoms with E-state index in [-0.39, 0.29) is 11.7 Å². The van der Waals surface area contributed by atoms with Crippen LogP contribution in [-0.4, -0.2) is 36.0 Å². The predicted molar refractivity (Wildman–Crippen MR) is 150 cm³/mol. The maximum absolute atomic E-state index is 13.0. The third-order valence-electron chi connectivity index (χ3n) is 6.78. The first-order valence-electron chi connectivity index (χ1n) is 12.6. The molecule has 0 aliphatic carbocycles. The molecule has 2 heterocycles. The first-order chi connectivity index (χ1) is 18.7. The normalized spacial score (nSPS) is 13.6. The number of piperidine rings is 1. The quantitative estimate of drug-likeness (QED) is 0.151. The summed E-state index contributed by atoms with van der Waals surface area (Å²) in [7, 11) is 1.63. The van der Waals surface area contributed by atoms with Crippen molar-refractivity contribution in [3.63, 3.8) is 0 Å². The van der Waals surface area contributed by atoms with Gasteiger partial charge in [-0.05, 0) is 42.7 Å². The van der Waals surface area contributed by atoms with Crippen LogP contribution in [0.3, 0.4) is 0 Å². The van der Waals surface area contributed by atoms with Crippen molar-refractivity contribution >= 4 is 23.4 Å². The van der Waals surface area contributed by atoms with Crippen molar-refractivity contribution in [1.29, 1.82) is 5.26 Å². The minimum absolute atomic E-state index is 0.0333. The van der Waals surface area contributed by atoms with Crippen molar-refractivity contribution < 1.29 is 9.53 Å². The second kappa shape index (κ2) is 11.9. The summed E-state index contributed by atoms with van der Waals surface area (Å²) in [6.45, 7) is 1.31. The number of methoxy groups -OCH3 is 1. The number of benzene rings is 3. The molecule has 0 unspecified atom stereocenters. The molecular weight excluding hydrogens is 492 g/mol. The van der Waals surface area contributed by atoms with Gasteiger partial charge in [-0.2, -0.15) is 5.26 Å². The van der Waals surface area contributed by atoms with Crippen molar-refractivity contribution in [2.45, 2.75) is 23.8 Å². The second-order valence-electron chi connectivity index (χ2n) is 9.16. The van der Waals surface area contributed by atoms with E-state index in [0.717, 1.165) is 22.6 Å². The van der Waals surface area contributed by atoms with E-state index < -0.39 is 0 Å². The van der Waals surface area contributed by atoms with E-state index in [1.807, 2.05) is 72.8 Å². The molecule has 0 saturated carbocycles. The highest BCUT2D eigenvalue weighted by Gasteiger charge is 2.29. The Labute approximate surface area is 227 Å². The van der Waals surface area contributed by atoms with Gasteiger partial charge in [-0.25, -0.2) is 9.97 Å². The minimum Gasteiger partial charge on any atom is -0.497 e. The average molecular weight is 521 g/mol. The SMILES string of the molecule is COc1ccc(-c2nc(SCc3ccccc3)nc(N3CCC(C(=O)c4ccccc4)CC3)c2C#N)cc1. The highest BCUT2D eigenvalue weighted by molar-refractivity contribution is 7.98. The Bertz CT molecular complexity index is 1430. The molecule has 5 rings (SSSR count).